The van der Waals surface area contributed by atoms with Gasteiger partial charge in [-0.1, -0.05) is 30.3 Å². The summed E-state index contributed by atoms with van der Waals surface area (Å²) < 4.78 is 0. The SMILES string of the molecule is CC(C)(NC(=O)c1ccnc(CN)c1)c1ccccc1.Cl. The van der Waals surface area contributed by atoms with Gasteiger partial charge >= 0.3 is 0 Å². The lowest BCUT2D eigenvalue weighted by Gasteiger charge is -2.27. The molecular formula is C16H20ClN3O. The number of amides is 1. The molecule has 0 bridgehead atoms. The monoisotopic (exact) mass is 305 g/mol. The van der Waals surface area contributed by atoms with Crippen LogP contribution < -0.4 is 11.1 Å². The van der Waals surface area contributed by atoms with Gasteiger partial charge in [-0.3, -0.25) is 9.78 Å². The lowest BCUT2D eigenvalue weighted by atomic mass is 9.94. The highest BCUT2D eigenvalue weighted by atomic mass is 35.5. The molecule has 21 heavy (non-hydrogen) atoms. The summed E-state index contributed by atoms with van der Waals surface area (Å²) in [6.07, 6.45) is 1.60. The Morgan fingerprint density at radius 3 is 2.52 bits per heavy atom. The Hall–Kier alpha value is -1.91. The quantitative estimate of drug-likeness (QED) is 0.912. The predicted octanol–water partition coefficient (Wildman–Crippen LogP) is 2.63. The van der Waals surface area contributed by atoms with Crippen LogP contribution in [0, 0.1) is 0 Å². The van der Waals surface area contributed by atoms with Gasteiger partial charge in [0.1, 0.15) is 0 Å². The third-order valence-electron chi connectivity index (χ3n) is 3.21. The van der Waals surface area contributed by atoms with E-state index >= 15 is 0 Å². The van der Waals surface area contributed by atoms with Crippen LogP contribution in [0.25, 0.3) is 0 Å². The van der Waals surface area contributed by atoms with Crippen LogP contribution in [-0.2, 0) is 12.1 Å². The molecule has 0 aliphatic heterocycles. The highest BCUT2D eigenvalue weighted by molar-refractivity contribution is 5.94. The van der Waals surface area contributed by atoms with E-state index in [9.17, 15) is 4.79 Å². The zero-order chi connectivity index (χ0) is 14.6. The fourth-order valence-electron chi connectivity index (χ4n) is 2.01. The number of halogens is 1. The van der Waals surface area contributed by atoms with Crippen molar-refractivity contribution in [2.75, 3.05) is 0 Å². The maximum Gasteiger partial charge on any atom is 0.252 e. The summed E-state index contributed by atoms with van der Waals surface area (Å²) in [4.78, 5) is 16.4. The molecule has 0 spiro atoms. The summed E-state index contributed by atoms with van der Waals surface area (Å²) >= 11 is 0. The Morgan fingerprint density at radius 2 is 1.90 bits per heavy atom. The highest BCUT2D eigenvalue weighted by Crippen LogP contribution is 2.20. The van der Waals surface area contributed by atoms with Crippen molar-refractivity contribution in [3.8, 4) is 0 Å². The molecule has 0 aliphatic rings. The van der Waals surface area contributed by atoms with E-state index in [0.29, 0.717) is 17.8 Å². The van der Waals surface area contributed by atoms with Gasteiger partial charge < -0.3 is 11.1 Å². The van der Waals surface area contributed by atoms with Crippen molar-refractivity contribution < 1.29 is 4.79 Å². The van der Waals surface area contributed by atoms with Gasteiger partial charge in [0, 0.05) is 18.3 Å². The Labute approximate surface area is 131 Å². The molecule has 1 aromatic heterocycles. The Bertz CT molecular complexity index is 599. The first kappa shape index (κ1) is 17.1. The first-order valence-corrected chi connectivity index (χ1v) is 6.56. The van der Waals surface area contributed by atoms with E-state index < -0.39 is 5.54 Å². The van der Waals surface area contributed by atoms with Crippen LogP contribution in [0.4, 0.5) is 0 Å². The van der Waals surface area contributed by atoms with Crippen LogP contribution in [0.3, 0.4) is 0 Å². The van der Waals surface area contributed by atoms with Gasteiger partial charge in [-0.2, -0.15) is 0 Å². The van der Waals surface area contributed by atoms with Crippen molar-refractivity contribution in [2.24, 2.45) is 5.73 Å². The number of nitrogens with one attached hydrogen (secondary N) is 1. The van der Waals surface area contributed by atoms with E-state index in [-0.39, 0.29) is 18.3 Å². The maximum atomic E-state index is 12.3. The van der Waals surface area contributed by atoms with Gasteiger partial charge in [-0.15, -0.1) is 12.4 Å². The topological polar surface area (TPSA) is 68.0 Å². The number of pyridine rings is 1. The molecule has 4 nitrogen and oxygen atoms in total. The minimum atomic E-state index is -0.440. The van der Waals surface area contributed by atoms with Crippen molar-refractivity contribution in [1.82, 2.24) is 10.3 Å². The predicted molar refractivity (Wildman–Crippen MR) is 86.3 cm³/mol. The normalized spacial score (nSPS) is 10.6. The molecule has 1 amide bonds. The van der Waals surface area contributed by atoms with E-state index in [1.807, 2.05) is 44.2 Å². The molecule has 2 rings (SSSR count). The van der Waals surface area contributed by atoms with Crippen molar-refractivity contribution in [2.45, 2.75) is 25.9 Å². The first-order chi connectivity index (χ1) is 9.53. The molecule has 1 aromatic carbocycles. The number of rotatable bonds is 4. The summed E-state index contributed by atoms with van der Waals surface area (Å²) in [6.45, 7) is 4.28. The molecule has 0 unspecified atom stereocenters. The van der Waals surface area contributed by atoms with Gasteiger partial charge in [0.25, 0.3) is 5.91 Å². The van der Waals surface area contributed by atoms with Gasteiger partial charge in [-0.25, -0.2) is 0 Å². The molecule has 0 radical (unpaired) electrons. The van der Waals surface area contributed by atoms with Gasteiger partial charge in [0.2, 0.25) is 0 Å². The van der Waals surface area contributed by atoms with Crippen LogP contribution in [0.5, 0.6) is 0 Å². The summed E-state index contributed by atoms with van der Waals surface area (Å²) in [5.74, 6) is -0.129. The number of benzene rings is 1. The summed E-state index contributed by atoms with van der Waals surface area (Å²) in [7, 11) is 0. The molecule has 0 aliphatic carbocycles. The average molecular weight is 306 g/mol. The Balaban J connectivity index is 0.00000220. The molecule has 112 valence electrons. The molecule has 0 fully saturated rings. The van der Waals surface area contributed by atoms with E-state index in [4.69, 9.17) is 5.73 Å². The second-order valence-corrected chi connectivity index (χ2v) is 5.19. The maximum absolute atomic E-state index is 12.3. The molecular weight excluding hydrogens is 286 g/mol. The molecule has 5 heteroatoms. The summed E-state index contributed by atoms with van der Waals surface area (Å²) in [5.41, 5.74) is 7.44. The zero-order valence-corrected chi connectivity index (χ0v) is 13.0. The second kappa shape index (κ2) is 7.20. The van der Waals surface area contributed by atoms with E-state index in [1.54, 1.807) is 18.3 Å². The molecule has 3 N–H and O–H groups in total. The molecule has 0 saturated heterocycles. The number of nitrogens with two attached hydrogens (primary N) is 1. The first-order valence-electron chi connectivity index (χ1n) is 6.56. The smallest absolute Gasteiger partial charge is 0.252 e. The van der Waals surface area contributed by atoms with Gasteiger partial charge in [0.15, 0.2) is 0 Å². The van der Waals surface area contributed by atoms with Crippen molar-refractivity contribution in [3.63, 3.8) is 0 Å². The fraction of sp³-hybridized carbons (Fsp3) is 0.250. The standard InChI is InChI=1S/C16H19N3O.ClH/c1-16(2,13-6-4-3-5-7-13)19-15(20)12-8-9-18-14(10-12)11-17;/h3-10H,11,17H2,1-2H3,(H,19,20);1H. The third kappa shape index (κ3) is 4.28. The van der Waals surface area contributed by atoms with Crippen LogP contribution in [0.1, 0.15) is 35.5 Å². The van der Waals surface area contributed by atoms with Crippen LogP contribution in [0.15, 0.2) is 48.7 Å². The third-order valence-corrected chi connectivity index (χ3v) is 3.21. The van der Waals surface area contributed by atoms with Gasteiger partial charge in [-0.05, 0) is 31.5 Å². The second-order valence-electron chi connectivity index (χ2n) is 5.19. The fourth-order valence-corrected chi connectivity index (χ4v) is 2.01. The van der Waals surface area contributed by atoms with Crippen molar-refractivity contribution in [3.05, 3.63) is 65.5 Å². The zero-order valence-electron chi connectivity index (χ0n) is 12.2. The van der Waals surface area contributed by atoms with Crippen LogP contribution >= 0.6 is 12.4 Å². The summed E-state index contributed by atoms with van der Waals surface area (Å²) in [5, 5.41) is 3.03. The number of carbonyl (C=O) groups is 1. The van der Waals surface area contributed by atoms with Gasteiger partial charge in [0.05, 0.1) is 11.2 Å². The van der Waals surface area contributed by atoms with E-state index in [0.717, 1.165) is 5.56 Å². The van der Waals surface area contributed by atoms with E-state index in [2.05, 4.69) is 10.3 Å². The lowest BCUT2D eigenvalue weighted by Crippen LogP contribution is -2.41. The minimum absolute atomic E-state index is 0. The highest BCUT2D eigenvalue weighted by Gasteiger charge is 2.23. The number of hydrogen-bond donors (Lipinski definition) is 2. The molecule has 0 atom stereocenters. The van der Waals surface area contributed by atoms with Crippen LogP contribution in [-0.4, -0.2) is 10.9 Å². The molecule has 2 aromatic rings. The van der Waals surface area contributed by atoms with E-state index in [1.165, 1.54) is 0 Å². The largest absolute Gasteiger partial charge is 0.343 e. The number of aromatic nitrogens is 1. The number of nitrogens with zero attached hydrogens (tertiary/aromatic N) is 1. The molecule has 0 saturated carbocycles. The lowest BCUT2D eigenvalue weighted by molar-refractivity contribution is 0.0912. The van der Waals surface area contributed by atoms with Crippen LogP contribution in [0.2, 0.25) is 0 Å². The minimum Gasteiger partial charge on any atom is -0.343 e. The average Bonchev–Trinajstić information content (AvgIpc) is 2.48. The Morgan fingerprint density at radius 1 is 1.24 bits per heavy atom. The number of carbonyl (C=O) groups excluding carboxylic acids is 1. The van der Waals surface area contributed by atoms with Crippen molar-refractivity contribution in [1.29, 1.82) is 0 Å². The Kier molecular flexibility index (Phi) is 5.88. The van der Waals surface area contributed by atoms with Crippen molar-refractivity contribution >= 4 is 18.3 Å². The number of hydrogen-bond acceptors (Lipinski definition) is 3. The molecule has 1 heterocycles. The summed E-state index contributed by atoms with van der Waals surface area (Å²) in [6, 6.07) is 13.3.